The third-order valence-corrected chi connectivity index (χ3v) is 5.70. The van der Waals surface area contributed by atoms with Gasteiger partial charge in [0.25, 0.3) is 11.8 Å². The molecule has 0 saturated carbocycles. The Hall–Kier alpha value is -2.59. The number of hydrogen-bond donors (Lipinski definition) is 1. The second kappa shape index (κ2) is 9.94. The van der Waals surface area contributed by atoms with Crippen molar-refractivity contribution in [2.75, 3.05) is 53.5 Å². The van der Waals surface area contributed by atoms with E-state index < -0.39 is 0 Å². The SMILES string of the molecule is COc1ccc(Br)c(C(=O)NCCN2CCN(C(=O)c3cn(C)nc3OC)CC2)c1. The Morgan fingerprint density at radius 3 is 2.53 bits per heavy atom. The van der Waals surface area contributed by atoms with Crippen molar-refractivity contribution in [3.05, 3.63) is 40.0 Å². The fourth-order valence-electron chi connectivity index (χ4n) is 3.34. The predicted molar refractivity (Wildman–Crippen MR) is 115 cm³/mol. The molecule has 2 heterocycles. The van der Waals surface area contributed by atoms with Crippen molar-refractivity contribution in [2.45, 2.75) is 0 Å². The highest BCUT2D eigenvalue weighted by molar-refractivity contribution is 9.10. The number of amides is 2. The van der Waals surface area contributed by atoms with E-state index in [0.717, 1.165) is 17.6 Å². The maximum absolute atomic E-state index is 12.7. The Bertz CT molecular complexity index is 909. The van der Waals surface area contributed by atoms with Crippen LogP contribution in [0.4, 0.5) is 0 Å². The van der Waals surface area contributed by atoms with Crippen LogP contribution in [-0.2, 0) is 7.05 Å². The van der Waals surface area contributed by atoms with Gasteiger partial charge in [-0.05, 0) is 34.1 Å². The molecule has 0 bridgehead atoms. The minimum Gasteiger partial charge on any atom is -0.497 e. The summed E-state index contributed by atoms with van der Waals surface area (Å²) in [5, 5.41) is 7.09. The van der Waals surface area contributed by atoms with Crippen molar-refractivity contribution in [3.63, 3.8) is 0 Å². The molecule has 0 spiro atoms. The highest BCUT2D eigenvalue weighted by atomic mass is 79.9. The summed E-state index contributed by atoms with van der Waals surface area (Å²) in [6.07, 6.45) is 1.68. The Kier molecular flexibility index (Phi) is 7.33. The number of piperazine rings is 1. The van der Waals surface area contributed by atoms with Crippen molar-refractivity contribution in [1.29, 1.82) is 0 Å². The van der Waals surface area contributed by atoms with Crippen molar-refractivity contribution in [2.24, 2.45) is 7.05 Å². The van der Waals surface area contributed by atoms with Gasteiger partial charge in [0.1, 0.15) is 11.3 Å². The van der Waals surface area contributed by atoms with Crippen LogP contribution in [0.2, 0.25) is 0 Å². The average molecular weight is 480 g/mol. The second-order valence-corrected chi connectivity index (χ2v) is 7.82. The van der Waals surface area contributed by atoms with E-state index in [0.29, 0.717) is 48.9 Å². The highest BCUT2D eigenvalue weighted by Crippen LogP contribution is 2.22. The molecule has 1 aliphatic rings. The summed E-state index contributed by atoms with van der Waals surface area (Å²) >= 11 is 3.40. The lowest BCUT2D eigenvalue weighted by atomic mass is 10.2. The summed E-state index contributed by atoms with van der Waals surface area (Å²) in [7, 11) is 4.84. The van der Waals surface area contributed by atoms with E-state index in [-0.39, 0.29) is 11.8 Å². The molecule has 3 rings (SSSR count). The number of aromatic nitrogens is 2. The molecule has 0 radical (unpaired) electrons. The lowest BCUT2D eigenvalue weighted by molar-refractivity contribution is 0.0634. The first kappa shape index (κ1) is 22.1. The Balaban J connectivity index is 1.46. The summed E-state index contributed by atoms with van der Waals surface area (Å²) in [5.74, 6) is 0.750. The molecule has 162 valence electrons. The molecule has 10 heteroatoms. The fraction of sp³-hybridized carbons (Fsp3) is 0.450. The number of nitrogens with zero attached hydrogens (tertiary/aromatic N) is 4. The van der Waals surface area contributed by atoms with Crippen molar-refractivity contribution in [3.8, 4) is 11.6 Å². The molecule has 1 N–H and O–H groups in total. The van der Waals surface area contributed by atoms with E-state index in [9.17, 15) is 9.59 Å². The van der Waals surface area contributed by atoms with E-state index >= 15 is 0 Å². The third-order valence-electron chi connectivity index (χ3n) is 5.01. The van der Waals surface area contributed by atoms with Crippen molar-refractivity contribution in [1.82, 2.24) is 24.9 Å². The molecule has 0 atom stereocenters. The first-order valence-corrected chi connectivity index (χ1v) is 10.4. The largest absolute Gasteiger partial charge is 0.497 e. The third kappa shape index (κ3) is 5.11. The zero-order chi connectivity index (χ0) is 21.7. The number of methoxy groups -OCH3 is 2. The van der Waals surface area contributed by atoms with Crippen LogP contribution in [0.5, 0.6) is 11.6 Å². The van der Waals surface area contributed by atoms with Crippen molar-refractivity contribution >= 4 is 27.7 Å². The summed E-state index contributed by atoms with van der Waals surface area (Å²) in [4.78, 5) is 29.2. The van der Waals surface area contributed by atoms with Crippen LogP contribution in [0.3, 0.4) is 0 Å². The van der Waals surface area contributed by atoms with Gasteiger partial charge in [-0.3, -0.25) is 19.2 Å². The lowest BCUT2D eigenvalue weighted by Crippen LogP contribution is -2.50. The first-order chi connectivity index (χ1) is 14.4. The monoisotopic (exact) mass is 479 g/mol. The van der Waals surface area contributed by atoms with Crippen LogP contribution < -0.4 is 14.8 Å². The summed E-state index contributed by atoms with van der Waals surface area (Å²) < 4.78 is 12.7. The Labute approximate surface area is 184 Å². The van der Waals surface area contributed by atoms with Gasteiger partial charge in [0, 0.05) is 57.0 Å². The van der Waals surface area contributed by atoms with E-state index in [1.165, 1.54) is 7.11 Å². The van der Waals surface area contributed by atoms with Crippen LogP contribution in [0.25, 0.3) is 0 Å². The molecule has 1 fully saturated rings. The molecule has 1 aromatic carbocycles. The second-order valence-electron chi connectivity index (χ2n) is 6.96. The number of rotatable bonds is 7. The number of aryl methyl sites for hydroxylation is 1. The van der Waals surface area contributed by atoms with Gasteiger partial charge in [-0.15, -0.1) is 5.10 Å². The van der Waals surface area contributed by atoms with Crippen LogP contribution >= 0.6 is 15.9 Å². The smallest absolute Gasteiger partial charge is 0.261 e. The average Bonchev–Trinajstić information content (AvgIpc) is 3.14. The van der Waals surface area contributed by atoms with Crippen LogP contribution in [0.1, 0.15) is 20.7 Å². The number of ether oxygens (including phenoxy) is 2. The number of hydrogen-bond acceptors (Lipinski definition) is 6. The quantitative estimate of drug-likeness (QED) is 0.645. The van der Waals surface area contributed by atoms with Crippen LogP contribution in [0.15, 0.2) is 28.9 Å². The molecule has 2 aromatic rings. The zero-order valence-corrected chi connectivity index (χ0v) is 18.9. The maximum Gasteiger partial charge on any atom is 0.261 e. The minimum atomic E-state index is -0.154. The Morgan fingerprint density at radius 2 is 1.87 bits per heavy atom. The summed E-state index contributed by atoms with van der Waals surface area (Å²) in [5.41, 5.74) is 1.01. The van der Waals surface area contributed by atoms with Gasteiger partial charge in [-0.1, -0.05) is 0 Å². The van der Waals surface area contributed by atoms with Gasteiger partial charge in [0.05, 0.1) is 19.8 Å². The number of halogens is 1. The molecule has 9 nitrogen and oxygen atoms in total. The van der Waals surface area contributed by atoms with Gasteiger partial charge < -0.3 is 19.7 Å². The van der Waals surface area contributed by atoms with Gasteiger partial charge >= 0.3 is 0 Å². The van der Waals surface area contributed by atoms with E-state index in [2.05, 4.69) is 31.2 Å². The molecule has 0 aliphatic carbocycles. The number of benzene rings is 1. The van der Waals surface area contributed by atoms with Crippen LogP contribution in [-0.4, -0.2) is 84.9 Å². The summed E-state index contributed by atoms with van der Waals surface area (Å²) in [6.45, 7) is 3.96. The normalized spacial score (nSPS) is 14.5. The molecule has 2 amide bonds. The zero-order valence-electron chi connectivity index (χ0n) is 17.4. The topological polar surface area (TPSA) is 88.9 Å². The molecular weight excluding hydrogens is 454 g/mol. The molecule has 1 aliphatic heterocycles. The highest BCUT2D eigenvalue weighted by Gasteiger charge is 2.26. The van der Waals surface area contributed by atoms with Crippen molar-refractivity contribution < 1.29 is 19.1 Å². The first-order valence-electron chi connectivity index (χ1n) is 9.64. The molecule has 0 unspecified atom stereocenters. The summed E-state index contributed by atoms with van der Waals surface area (Å²) in [6, 6.07) is 5.29. The number of carbonyl (C=O) groups excluding carboxylic acids is 2. The maximum atomic E-state index is 12.7. The molecular formula is C20H26BrN5O4. The van der Waals surface area contributed by atoms with E-state index in [1.807, 2.05) is 4.90 Å². The standard InChI is InChI=1S/C20H26BrN5O4/c1-24-13-16(19(23-24)30-3)20(28)26-10-8-25(9-11-26)7-6-22-18(27)15-12-14(29-2)4-5-17(15)21/h4-5,12-13H,6-11H2,1-3H3,(H,22,27). The minimum absolute atomic E-state index is 0.0734. The number of nitrogens with one attached hydrogen (secondary N) is 1. The predicted octanol–water partition coefficient (Wildman–Crippen LogP) is 1.39. The van der Waals surface area contributed by atoms with Gasteiger partial charge in [0.2, 0.25) is 5.88 Å². The molecule has 1 aromatic heterocycles. The molecule has 1 saturated heterocycles. The van der Waals surface area contributed by atoms with Gasteiger partial charge in [-0.2, -0.15) is 0 Å². The van der Waals surface area contributed by atoms with Crippen LogP contribution in [0, 0.1) is 0 Å². The number of carbonyl (C=O) groups is 2. The fourth-order valence-corrected chi connectivity index (χ4v) is 3.77. The molecule has 30 heavy (non-hydrogen) atoms. The Morgan fingerprint density at radius 1 is 1.13 bits per heavy atom. The lowest BCUT2D eigenvalue weighted by Gasteiger charge is -2.34. The van der Waals surface area contributed by atoms with Gasteiger partial charge in [0.15, 0.2) is 0 Å². The van der Waals surface area contributed by atoms with Gasteiger partial charge in [-0.25, -0.2) is 0 Å². The van der Waals surface area contributed by atoms with E-state index in [4.69, 9.17) is 9.47 Å². The van der Waals surface area contributed by atoms with E-state index in [1.54, 1.807) is 43.2 Å².